The molecule has 0 aliphatic rings. The summed E-state index contributed by atoms with van der Waals surface area (Å²) in [6, 6.07) is 9.37. The van der Waals surface area contributed by atoms with Crippen molar-refractivity contribution in [2.24, 2.45) is 0 Å². The van der Waals surface area contributed by atoms with Gasteiger partial charge in [0.1, 0.15) is 11.3 Å². The highest BCUT2D eigenvalue weighted by Crippen LogP contribution is 2.21. The van der Waals surface area contributed by atoms with Crippen molar-refractivity contribution in [1.82, 2.24) is 4.98 Å². The zero-order valence-electron chi connectivity index (χ0n) is 11.0. The highest BCUT2D eigenvalue weighted by Gasteiger charge is 2.10. The lowest BCUT2D eigenvalue weighted by molar-refractivity contribution is 0.102. The van der Waals surface area contributed by atoms with E-state index in [1.165, 1.54) is 12.1 Å². The predicted molar refractivity (Wildman–Crippen MR) is 80.8 cm³/mol. The van der Waals surface area contributed by atoms with E-state index in [4.69, 9.17) is 4.42 Å². The SMILES string of the molecule is Cc1nc2ccc(NC(=O)c3ccc(Br)c(F)c3)cc2o1. The third kappa shape index (κ3) is 2.80. The summed E-state index contributed by atoms with van der Waals surface area (Å²) in [6.07, 6.45) is 0. The Labute approximate surface area is 128 Å². The van der Waals surface area contributed by atoms with Gasteiger partial charge in [0.05, 0.1) is 4.47 Å². The van der Waals surface area contributed by atoms with Crippen LogP contribution >= 0.6 is 15.9 Å². The van der Waals surface area contributed by atoms with Gasteiger partial charge < -0.3 is 9.73 Å². The molecule has 1 amide bonds. The van der Waals surface area contributed by atoms with E-state index in [0.717, 1.165) is 5.52 Å². The Hall–Kier alpha value is -2.21. The first-order valence-corrected chi connectivity index (χ1v) is 6.96. The Morgan fingerprint density at radius 3 is 2.86 bits per heavy atom. The molecule has 3 rings (SSSR count). The van der Waals surface area contributed by atoms with Crippen LogP contribution in [0.1, 0.15) is 16.2 Å². The number of rotatable bonds is 2. The minimum absolute atomic E-state index is 0.240. The van der Waals surface area contributed by atoms with Crippen LogP contribution in [0.25, 0.3) is 11.1 Å². The molecule has 4 nitrogen and oxygen atoms in total. The zero-order chi connectivity index (χ0) is 15.0. The van der Waals surface area contributed by atoms with Gasteiger partial charge in [-0.25, -0.2) is 9.37 Å². The van der Waals surface area contributed by atoms with Crippen LogP contribution in [0.5, 0.6) is 0 Å². The van der Waals surface area contributed by atoms with E-state index >= 15 is 0 Å². The number of nitrogens with one attached hydrogen (secondary N) is 1. The summed E-state index contributed by atoms with van der Waals surface area (Å²) < 4.78 is 19.2. The number of oxazole rings is 1. The van der Waals surface area contributed by atoms with Gasteiger partial charge in [0, 0.05) is 24.2 Å². The molecule has 0 radical (unpaired) electrons. The molecule has 21 heavy (non-hydrogen) atoms. The van der Waals surface area contributed by atoms with Crippen LogP contribution in [0.15, 0.2) is 45.3 Å². The maximum atomic E-state index is 13.4. The summed E-state index contributed by atoms with van der Waals surface area (Å²) >= 11 is 3.05. The van der Waals surface area contributed by atoms with Crippen LogP contribution in [0.3, 0.4) is 0 Å². The van der Waals surface area contributed by atoms with Gasteiger partial charge in [-0.3, -0.25) is 4.79 Å². The van der Waals surface area contributed by atoms with Gasteiger partial charge in [-0.2, -0.15) is 0 Å². The number of carbonyl (C=O) groups excluding carboxylic acids is 1. The molecule has 0 atom stereocenters. The van der Waals surface area contributed by atoms with Crippen molar-refractivity contribution in [2.75, 3.05) is 5.32 Å². The van der Waals surface area contributed by atoms with Gasteiger partial charge in [0.25, 0.3) is 5.91 Å². The lowest BCUT2D eigenvalue weighted by Gasteiger charge is -2.05. The molecular weight excluding hydrogens is 339 g/mol. The Balaban J connectivity index is 1.86. The van der Waals surface area contributed by atoms with Gasteiger partial charge in [0.15, 0.2) is 11.5 Å². The topological polar surface area (TPSA) is 55.1 Å². The highest BCUT2D eigenvalue weighted by atomic mass is 79.9. The summed E-state index contributed by atoms with van der Waals surface area (Å²) in [5.74, 6) is -0.315. The van der Waals surface area contributed by atoms with E-state index in [-0.39, 0.29) is 5.56 Å². The Morgan fingerprint density at radius 2 is 2.10 bits per heavy atom. The number of halogens is 2. The van der Waals surface area contributed by atoms with Gasteiger partial charge in [-0.1, -0.05) is 0 Å². The molecule has 0 saturated heterocycles. The van der Waals surface area contributed by atoms with Crippen molar-refractivity contribution in [3.63, 3.8) is 0 Å². The number of hydrogen-bond donors (Lipinski definition) is 1. The molecule has 1 N–H and O–H groups in total. The van der Waals surface area contributed by atoms with E-state index in [2.05, 4.69) is 26.2 Å². The Morgan fingerprint density at radius 1 is 1.29 bits per heavy atom. The molecule has 1 aromatic heterocycles. The van der Waals surface area contributed by atoms with E-state index in [1.54, 1.807) is 31.2 Å². The lowest BCUT2D eigenvalue weighted by Crippen LogP contribution is -2.12. The average molecular weight is 349 g/mol. The predicted octanol–water partition coefficient (Wildman–Crippen LogP) is 4.29. The first kappa shape index (κ1) is 13.8. The van der Waals surface area contributed by atoms with Crippen LogP contribution in [-0.4, -0.2) is 10.9 Å². The number of anilines is 1. The van der Waals surface area contributed by atoms with E-state index in [1.807, 2.05) is 0 Å². The molecule has 0 saturated carbocycles. The molecule has 2 aromatic carbocycles. The van der Waals surface area contributed by atoms with Crippen molar-refractivity contribution in [2.45, 2.75) is 6.92 Å². The van der Waals surface area contributed by atoms with Crippen molar-refractivity contribution >= 4 is 38.6 Å². The van der Waals surface area contributed by atoms with Crippen molar-refractivity contribution < 1.29 is 13.6 Å². The first-order valence-electron chi connectivity index (χ1n) is 6.16. The summed E-state index contributed by atoms with van der Waals surface area (Å²) in [4.78, 5) is 16.3. The second-order valence-electron chi connectivity index (χ2n) is 4.50. The van der Waals surface area contributed by atoms with Gasteiger partial charge >= 0.3 is 0 Å². The maximum Gasteiger partial charge on any atom is 0.255 e. The number of aryl methyl sites for hydroxylation is 1. The molecule has 1 heterocycles. The fraction of sp³-hybridized carbons (Fsp3) is 0.0667. The second-order valence-corrected chi connectivity index (χ2v) is 5.35. The minimum Gasteiger partial charge on any atom is -0.441 e. The first-order chi connectivity index (χ1) is 10.0. The van der Waals surface area contributed by atoms with Gasteiger partial charge in [0.2, 0.25) is 0 Å². The maximum absolute atomic E-state index is 13.4. The van der Waals surface area contributed by atoms with E-state index in [0.29, 0.717) is 21.6 Å². The molecule has 0 aliphatic heterocycles. The smallest absolute Gasteiger partial charge is 0.255 e. The summed E-state index contributed by atoms with van der Waals surface area (Å²) in [6.45, 7) is 1.75. The fourth-order valence-corrected chi connectivity index (χ4v) is 2.20. The quantitative estimate of drug-likeness (QED) is 0.751. The van der Waals surface area contributed by atoms with Crippen LogP contribution in [0.4, 0.5) is 10.1 Å². The van der Waals surface area contributed by atoms with Crippen LogP contribution < -0.4 is 5.32 Å². The summed E-state index contributed by atoms with van der Waals surface area (Å²) in [5.41, 5.74) is 2.11. The number of hydrogen-bond acceptors (Lipinski definition) is 3. The normalized spacial score (nSPS) is 10.8. The molecular formula is C15H10BrFN2O2. The number of fused-ring (bicyclic) bond motifs is 1. The largest absolute Gasteiger partial charge is 0.441 e. The second kappa shape index (κ2) is 5.29. The monoisotopic (exact) mass is 348 g/mol. The molecule has 0 aliphatic carbocycles. The van der Waals surface area contributed by atoms with Crippen molar-refractivity contribution in [3.8, 4) is 0 Å². The number of amides is 1. The van der Waals surface area contributed by atoms with Crippen molar-refractivity contribution in [1.29, 1.82) is 0 Å². The van der Waals surface area contributed by atoms with Crippen molar-refractivity contribution in [3.05, 3.63) is 58.1 Å². The minimum atomic E-state index is -0.482. The number of nitrogens with zero attached hydrogens (tertiary/aromatic N) is 1. The number of aromatic nitrogens is 1. The Kier molecular flexibility index (Phi) is 3.47. The fourth-order valence-electron chi connectivity index (χ4n) is 1.96. The molecule has 3 aromatic rings. The standard InChI is InChI=1S/C15H10BrFN2O2/c1-8-18-13-5-3-10(7-14(13)21-8)19-15(20)9-2-4-11(16)12(17)6-9/h2-7H,1H3,(H,19,20). The van der Waals surface area contributed by atoms with Crippen LogP contribution in [0, 0.1) is 12.7 Å². The molecule has 0 unspecified atom stereocenters. The molecule has 6 heteroatoms. The highest BCUT2D eigenvalue weighted by molar-refractivity contribution is 9.10. The lowest BCUT2D eigenvalue weighted by atomic mass is 10.2. The number of benzene rings is 2. The average Bonchev–Trinajstić information content (AvgIpc) is 2.81. The van der Waals surface area contributed by atoms with Gasteiger partial charge in [-0.05, 0) is 46.3 Å². The summed E-state index contributed by atoms with van der Waals surface area (Å²) in [7, 11) is 0. The molecule has 0 spiro atoms. The van der Waals surface area contributed by atoms with Crippen LogP contribution in [-0.2, 0) is 0 Å². The molecule has 0 bridgehead atoms. The van der Waals surface area contributed by atoms with Gasteiger partial charge in [-0.15, -0.1) is 0 Å². The number of carbonyl (C=O) groups is 1. The van der Waals surface area contributed by atoms with Crippen LogP contribution in [0.2, 0.25) is 0 Å². The third-order valence-corrected chi connectivity index (χ3v) is 3.58. The summed E-state index contributed by atoms with van der Waals surface area (Å²) in [5, 5.41) is 2.70. The molecule has 106 valence electrons. The zero-order valence-corrected chi connectivity index (χ0v) is 12.6. The molecule has 0 fully saturated rings. The van der Waals surface area contributed by atoms with E-state index < -0.39 is 11.7 Å². The van der Waals surface area contributed by atoms with E-state index in [9.17, 15) is 9.18 Å². The Bertz CT molecular complexity index is 845. The third-order valence-electron chi connectivity index (χ3n) is 2.94.